The van der Waals surface area contributed by atoms with Crippen molar-refractivity contribution in [2.75, 3.05) is 0 Å². The summed E-state index contributed by atoms with van der Waals surface area (Å²) in [5.41, 5.74) is 14.3. The maximum absolute atomic E-state index is 12.7. The molecule has 3 aromatic carbocycles. The van der Waals surface area contributed by atoms with Gasteiger partial charge in [-0.05, 0) is 62.2 Å². The lowest BCUT2D eigenvalue weighted by molar-refractivity contribution is -0.119. The predicted octanol–water partition coefficient (Wildman–Crippen LogP) is 3.10. The van der Waals surface area contributed by atoms with Crippen molar-refractivity contribution in [2.45, 2.75) is 26.3 Å². The van der Waals surface area contributed by atoms with Crippen LogP contribution >= 0.6 is 0 Å². The van der Waals surface area contributed by atoms with E-state index in [2.05, 4.69) is 0 Å². The molecule has 4 N–H and O–H groups in total. The van der Waals surface area contributed by atoms with Crippen LogP contribution in [0.4, 0.5) is 0 Å². The molecule has 7 heteroatoms. The third-order valence-corrected chi connectivity index (χ3v) is 4.81. The highest BCUT2D eigenvalue weighted by atomic mass is 16.6. The molecule has 0 aliphatic carbocycles. The van der Waals surface area contributed by atoms with Crippen molar-refractivity contribution in [3.8, 4) is 11.5 Å². The summed E-state index contributed by atoms with van der Waals surface area (Å²) < 4.78 is 11.0. The van der Waals surface area contributed by atoms with Crippen LogP contribution < -0.4 is 20.9 Å². The minimum absolute atomic E-state index is 0.0326. The van der Waals surface area contributed by atoms with Crippen LogP contribution in [0.2, 0.25) is 0 Å². The number of benzene rings is 3. The molecule has 0 spiro atoms. The summed E-state index contributed by atoms with van der Waals surface area (Å²) in [6, 6.07) is 17.5. The number of carbonyl (C=O) groups is 3. The Labute approximate surface area is 185 Å². The average Bonchev–Trinajstić information content (AvgIpc) is 2.76. The highest BCUT2D eigenvalue weighted by Crippen LogP contribution is 2.30. The fourth-order valence-corrected chi connectivity index (χ4v) is 2.89. The van der Waals surface area contributed by atoms with Gasteiger partial charge >= 0.3 is 11.9 Å². The number of rotatable bonds is 7. The summed E-state index contributed by atoms with van der Waals surface area (Å²) in [7, 11) is 0. The summed E-state index contributed by atoms with van der Waals surface area (Å²) in [4.78, 5) is 36.5. The summed E-state index contributed by atoms with van der Waals surface area (Å²) in [6.07, 6.45) is 0.136. The average molecular weight is 432 g/mol. The number of primary amides is 1. The molecular weight excluding hydrogens is 408 g/mol. The second-order valence-electron chi connectivity index (χ2n) is 7.51. The summed E-state index contributed by atoms with van der Waals surface area (Å²) in [5, 5.41) is 0. The smallest absolute Gasteiger partial charge is 0.343 e. The highest BCUT2D eigenvalue weighted by Gasteiger charge is 2.19. The number of amides is 1. The molecule has 0 heterocycles. The standard InChI is InChI=1S/C25H24N2O5/c1-15-3-8-18(9-4-15)24(29)31-21-12-7-17(13-20(26)23(27)28)14-22(21)32-25(30)19-10-5-16(2)6-11-19/h3-12,14,20H,13,26H2,1-2H3,(H2,27,28)/t20-/m0/s1. The van der Waals surface area contributed by atoms with Crippen LogP contribution in [0.3, 0.4) is 0 Å². The summed E-state index contributed by atoms with van der Waals surface area (Å²) in [5.74, 6) is -1.77. The number of hydrogen-bond acceptors (Lipinski definition) is 6. The van der Waals surface area contributed by atoms with Gasteiger partial charge in [-0.15, -0.1) is 0 Å². The van der Waals surface area contributed by atoms with Crippen molar-refractivity contribution in [1.29, 1.82) is 0 Å². The molecule has 3 rings (SSSR count). The molecule has 0 radical (unpaired) electrons. The van der Waals surface area contributed by atoms with Crippen LogP contribution in [0.15, 0.2) is 66.7 Å². The molecule has 0 unspecified atom stereocenters. The molecule has 0 saturated heterocycles. The first kappa shape index (κ1) is 22.7. The fraction of sp³-hybridized carbons (Fsp3) is 0.160. The van der Waals surface area contributed by atoms with E-state index in [0.717, 1.165) is 11.1 Å². The van der Waals surface area contributed by atoms with E-state index in [1.165, 1.54) is 12.1 Å². The molecule has 0 fully saturated rings. The number of ether oxygens (including phenoxy) is 2. The van der Waals surface area contributed by atoms with Crippen molar-refractivity contribution >= 4 is 17.8 Å². The SMILES string of the molecule is Cc1ccc(C(=O)Oc2ccc(C[C@H](N)C(N)=O)cc2OC(=O)c2ccc(C)cc2)cc1. The zero-order chi connectivity index (χ0) is 23.3. The van der Waals surface area contributed by atoms with E-state index < -0.39 is 23.9 Å². The van der Waals surface area contributed by atoms with Crippen molar-refractivity contribution in [1.82, 2.24) is 0 Å². The Morgan fingerprint density at radius 2 is 1.22 bits per heavy atom. The third kappa shape index (κ3) is 5.80. The quantitative estimate of drug-likeness (QED) is 0.437. The first-order valence-corrected chi connectivity index (χ1v) is 9.98. The summed E-state index contributed by atoms with van der Waals surface area (Å²) in [6.45, 7) is 3.82. The lowest BCUT2D eigenvalue weighted by Gasteiger charge is -2.14. The molecule has 0 bridgehead atoms. The van der Waals surface area contributed by atoms with Crippen molar-refractivity contribution in [3.63, 3.8) is 0 Å². The Hall–Kier alpha value is -3.97. The van der Waals surface area contributed by atoms with Crippen molar-refractivity contribution < 1.29 is 23.9 Å². The number of esters is 2. The maximum atomic E-state index is 12.7. The van der Waals surface area contributed by atoms with Crippen LogP contribution in [0.1, 0.15) is 37.4 Å². The number of aryl methyl sites for hydroxylation is 2. The lowest BCUT2D eigenvalue weighted by Crippen LogP contribution is -2.38. The normalized spacial score (nSPS) is 11.5. The zero-order valence-electron chi connectivity index (χ0n) is 17.8. The van der Waals surface area contributed by atoms with Gasteiger partial charge in [0.1, 0.15) is 0 Å². The molecule has 164 valence electrons. The van der Waals surface area contributed by atoms with Gasteiger partial charge in [-0.2, -0.15) is 0 Å². The molecule has 3 aromatic rings. The van der Waals surface area contributed by atoms with E-state index in [-0.39, 0.29) is 17.9 Å². The van der Waals surface area contributed by atoms with Crippen LogP contribution in [0, 0.1) is 13.8 Å². The van der Waals surface area contributed by atoms with E-state index in [0.29, 0.717) is 16.7 Å². The van der Waals surface area contributed by atoms with E-state index in [4.69, 9.17) is 20.9 Å². The number of hydrogen-bond donors (Lipinski definition) is 2. The molecule has 0 aliphatic rings. The number of nitrogens with two attached hydrogens (primary N) is 2. The Morgan fingerprint density at radius 3 is 1.69 bits per heavy atom. The molecule has 0 saturated carbocycles. The monoisotopic (exact) mass is 432 g/mol. The van der Waals surface area contributed by atoms with Crippen LogP contribution in [0.25, 0.3) is 0 Å². The van der Waals surface area contributed by atoms with Crippen LogP contribution in [0.5, 0.6) is 11.5 Å². The molecule has 0 aromatic heterocycles. The third-order valence-electron chi connectivity index (χ3n) is 4.81. The Kier molecular flexibility index (Phi) is 7.02. The van der Waals surface area contributed by atoms with Crippen LogP contribution in [-0.2, 0) is 11.2 Å². The highest BCUT2D eigenvalue weighted by molar-refractivity contribution is 5.93. The Morgan fingerprint density at radius 1 is 0.750 bits per heavy atom. The Bertz CT molecular complexity index is 1140. The summed E-state index contributed by atoms with van der Waals surface area (Å²) >= 11 is 0. The molecular formula is C25H24N2O5. The maximum Gasteiger partial charge on any atom is 0.343 e. The molecule has 0 aliphatic heterocycles. The van der Waals surface area contributed by atoms with E-state index in [1.54, 1.807) is 54.6 Å². The number of carbonyl (C=O) groups excluding carboxylic acids is 3. The minimum atomic E-state index is -0.906. The molecule has 1 atom stereocenters. The van der Waals surface area contributed by atoms with Gasteiger partial charge in [-0.25, -0.2) is 9.59 Å². The van der Waals surface area contributed by atoms with Crippen molar-refractivity contribution in [3.05, 3.63) is 94.5 Å². The van der Waals surface area contributed by atoms with Crippen LogP contribution in [-0.4, -0.2) is 23.9 Å². The van der Waals surface area contributed by atoms with Gasteiger partial charge in [0, 0.05) is 0 Å². The fourth-order valence-electron chi connectivity index (χ4n) is 2.89. The predicted molar refractivity (Wildman–Crippen MR) is 120 cm³/mol. The second-order valence-corrected chi connectivity index (χ2v) is 7.51. The van der Waals surface area contributed by atoms with Gasteiger partial charge < -0.3 is 20.9 Å². The lowest BCUT2D eigenvalue weighted by atomic mass is 10.1. The Balaban J connectivity index is 1.89. The van der Waals surface area contributed by atoms with Crippen molar-refractivity contribution in [2.24, 2.45) is 11.5 Å². The molecule has 32 heavy (non-hydrogen) atoms. The van der Waals surface area contributed by atoms with E-state index in [1.807, 2.05) is 13.8 Å². The van der Waals surface area contributed by atoms with Gasteiger partial charge in [0.2, 0.25) is 5.91 Å². The van der Waals surface area contributed by atoms with Gasteiger partial charge in [0.25, 0.3) is 0 Å². The topological polar surface area (TPSA) is 122 Å². The molecule has 1 amide bonds. The largest absolute Gasteiger partial charge is 0.419 e. The van der Waals surface area contributed by atoms with E-state index in [9.17, 15) is 14.4 Å². The van der Waals surface area contributed by atoms with Gasteiger partial charge in [0.05, 0.1) is 17.2 Å². The minimum Gasteiger partial charge on any atom is -0.419 e. The first-order valence-electron chi connectivity index (χ1n) is 9.98. The van der Waals surface area contributed by atoms with Gasteiger partial charge in [-0.3, -0.25) is 4.79 Å². The van der Waals surface area contributed by atoms with E-state index >= 15 is 0 Å². The second kappa shape index (κ2) is 9.89. The zero-order valence-corrected chi connectivity index (χ0v) is 17.8. The first-order chi connectivity index (χ1) is 15.2. The molecule has 7 nitrogen and oxygen atoms in total. The van der Waals surface area contributed by atoms with Gasteiger partial charge in [-0.1, -0.05) is 41.5 Å². The van der Waals surface area contributed by atoms with Gasteiger partial charge in [0.15, 0.2) is 11.5 Å².